The molecule has 21 heavy (non-hydrogen) atoms. The molecule has 3 heteroatoms. The van der Waals surface area contributed by atoms with Crippen molar-refractivity contribution in [2.24, 2.45) is 11.7 Å². The number of carbonyl (C=O) groups excluding carboxylic acids is 1. The predicted octanol–water partition coefficient (Wildman–Crippen LogP) is 3.04. The van der Waals surface area contributed by atoms with E-state index in [4.69, 9.17) is 5.73 Å². The maximum Gasteiger partial charge on any atom is 0.223 e. The molecule has 2 aliphatic carbocycles. The molecule has 0 spiro atoms. The van der Waals surface area contributed by atoms with Crippen LogP contribution < -0.4 is 5.73 Å². The van der Waals surface area contributed by atoms with Gasteiger partial charge in [0.1, 0.15) is 0 Å². The van der Waals surface area contributed by atoms with E-state index in [-0.39, 0.29) is 18.0 Å². The van der Waals surface area contributed by atoms with E-state index in [1.165, 1.54) is 24.0 Å². The highest BCUT2D eigenvalue weighted by Crippen LogP contribution is 2.36. The maximum atomic E-state index is 12.6. The van der Waals surface area contributed by atoms with Gasteiger partial charge in [0, 0.05) is 19.5 Å². The number of benzene rings is 1. The van der Waals surface area contributed by atoms with Gasteiger partial charge < -0.3 is 10.6 Å². The first-order chi connectivity index (χ1) is 10.2. The van der Waals surface area contributed by atoms with E-state index in [1.54, 1.807) is 0 Å². The Kier molecular flexibility index (Phi) is 4.29. The van der Waals surface area contributed by atoms with Gasteiger partial charge in [0.2, 0.25) is 5.91 Å². The van der Waals surface area contributed by atoms with Crippen molar-refractivity contribution in [2.75, 3.05) is 7.05 Å². The SMILES string of the molecule is CN(C(=O)CC1CCCCC1N)C1CCc2ccccc21. The molecule has 2 aliphatic rings. The van der Waals surface area contributed by atoms with Crippen molar-refractivity contribution in [1.29, 1.82) is 0 Å². The van der Waals surface area contributed by atoms with Crippen LogP contribution in [0.5, 0.6) is 0 Å². The van der Waals surface area contributed by atoms with Gasteiger partial charge in [0.25, 0.3) is 0 Å². The van der Waals surface area contributed by atoms with Gasteiger partial charge in [0.05, 0.1) is 6.04 Å². The van der Waals surface area contributed by atoms with Gasteiger partial charge in [-0.1, -0.05) is 37.1 Å². The fourth-order valence-corrected chi connectivity index (χ4v) is 3.97. The van der Waals surface area contributed by atoms with Gasteiger partial charge in [-0.2, -0.15) is 0 Å². The Labute approximate surface area is 127 Å². The first kappa shape index (κ1) is 14.6. The fraction of sp³-hybridized carbons (Fsp3) is 0.611. The van der Waals surface area contributed by atoms with Crippen LogP contribution in [-0.4, -0.2) is 23.9 Å². The highest BCUT2D eigenvalue weighted by atomic mass is 16.2. The minimum absolute atomic E-state index is 0.215. The molecule has 3 rings (SSSR count). The molecule has 1 aromatic rings. The van der Waals surface area contributed by atoms with E-state index in [2.05, 4.69) is 24.3 Å². The molecule has 2 N–H and O–H groups in total. The topological polar surface area (TPSA) is 46.3 Å². The molecule has 114 valence electrons. The third-order valence-corrected chi connectivity index (χ3v) is 5.37. The van der Waals surface area contributed by atoms with Gasteiger partial charge in [-0.05, 0) is 42.7 Å². The van der Waals surface area contributed by atoms with Crippen LogP contribution in [0, 0.1) is 5.92 Å². The summed E-state index contributed by atoms with van der Waals surface area (Å²) in [5, 5.41) is 0. The first-order valence-electron chi connectivity index (χ1n) is 8.26. The number of fused-ring (bicyclic) bond motifs is 1. The second kappa shape index (κ2) is 6.18. The predicted molar refractivity (Wildman–Crippen MR) is 84.8 cm³/mol. The van der Waals surface area contributed by atoms with E-state index < -0.39 is 0 Å². The van der Waals surface area contributed by atoms with Gasteiger partial charge in [-0.3, -0.25) is 4.79 Å². The van der Waals surface area contributed by atoms with Gasteiger partial charge in [-0.25, -0.2) is 0 Å². The fourth-order valence-electron chi connectivity index (χ4n) is 3.97. The Morgan fingerprint density at radius 3 is 2.81 bits per heavy atom. The highest BCUT2D eigenvalue weighted by Gasteiger charge is 2.31. The smallest absolute Gasteiger partial charge is 0.223 e. The molecule has 0 saturated heterocycles. The number of aryl methyl sites for hydroxylation is 1. The highest BCUT2D eigenvalue weighted by molar-refractivity contribution is 5.77. The monoisotopic (exact) mass is 286 g/mol. The molecule has 1 fully saturated rings. The zero-order chi connectivity index (χ0) is 14.8. The minimum atomic E-state index is 0.215. The van der Waals surface area contributed by atoms with Crippen molar-refractivity contribution in [3.8, 4) is 0 Å². The van der Waals surface area contributed by atoms with Crippen molar-refractivity contribution in [2.45, 2.75) is 57.0 Å². The number of hydrogen-bond donors (Lipinski definition) is 1. The van der Waals surface area contributed by atoms with Crippen LogP contribution in [0.3, 0.4) is 0 Å². The molecular formula is C18H26N2O. The summed E-state index contributed by atoms with van der Waals surface area (Å²) in [6, 6.07) is 8.99. The summed E-state index contributed by atoms with van der Waals surface area (Å²) in [4.78, 5) is 14.6. The second-order valence-electron chi connectivity index (χ2n) is 6.67. The molecule has 1 amide bonds. The van der Waals surface area contributed by atoms with E-state index in [0.717, 1.165) is 25.7 Å². The third-order valence-electron chi connectivity index (χ3n) is 5.37. The molecule has 1 aromatic carbocycles. The lowest BCUT2D eigenvalue weighted by Crippen LogP contribution is -2.38. The molecular weight excluding hydrogens is 260 g/mol. The first-order valence-corrected chi connectivity index (χ1v) is 8.26. The van der Waals surface area contributed by atoms with Gasteiger partial charge in [-0.15, -0.1) is 0 Å². The lowest BCUT2D eigenvalue weighted by Gasteiger charge is -2.31. The standard InChI is InChI=1S/C18H26N2O/c1-20(17-11-10-13-6-2-4-8-15(13)17)18(21)12-14-7-3-5-9-16(14)19/h2,4,6,8,14,16-17H,3,5,7,9-12,19H2,1H3. The minimum Gasteiger partial charge on any atom is -0.339 e. The van der Waals surface area contributed by atoms with Crippen molar-refractivity contribution >= 4 is 5.91 Å². The summed E-state index contributed by atoms with van der Waals surface area (Å²) in [5.74, 6) is 0.643. The Morgan fingerprint density at radius 1 is 1.24 bits per heavy atom. The largest absolute Gasteiger partial charge is 0.339 e. The van der Waals surface area contributed by atoms with Crippen molar-refractivity contribution in [3.63, 3.8) is 0 Å². The summed E-state index contributed by atoms with van der Waals surface area (Å²) < 4.78 is 0. The number of rotatable bonds is 3. The Bertz CT molecular complexity index is 514. The number of nitrogens with zero attached hydrogens (tertiary/aromatic N) is 1. The van der Waals surface area contributed by atoms with E-state index in [0.29, 0.717) is 12.3 Å². The quantitative estimate of drug-likeness (QED) is 0.928. The lowest BCUT2D eigenvalue weighted by atomic mass is 9.82. The Hall–Kier alpha value is -1.35. The van der Waals surface area contributed by atoms with Crippen LogP contribution >= 0.6 is 0 Å². The van der Waals surface area contributed by atoms with Crippen LogP contribution in [0.2, 0.25) is 0 Å². The van der Waals surface area contributed by atoms with Gasteiger partial charge in [0.15, 0.2) is 0 Å². The maximum absolute atomic E-state index is 12.6. The van der Waals surface area contributed by atoms with Gasteiger partial charge >= 0.3 is 0 Å². The summed E-state index contributed by atoms with van der Waals surface area (Å²) in [7, 11) is 1.96. The average molecular weight is 286 g/mol. The van der Waals surface area contributed by atoms with Crippen LogP contribution in [0.25, 0.3) is 0 Å². The van der Waals surface area contributed by atoms with E-state index in [9.17, 15) is 4.79 Å². The summed E-state index contributed by atoms with van der Waals surface area (Å²) in [6.07, 6.45) is 7.39. The zero-order valence-corrected chi connectivity index (χ0v) is 12.9. The third kappa shape index (κ3) is 2.98. The second-order valence-corrected chi connectivity index (χ2v) is 6.67. The molecule has 3 nitrogen and oxygen atoms in total. The summed E-state index contributed by atoms with van der Waals surface area (Å²) in [6.45, 7) is 0. The van der Waals surface area contributed by atoms with Crippen molar-refractivity contribution < 1.29 is 4.79 Å². The molecule has 0 aliphatic heterocycles. The van der Waals surface area contributed by atoms with Crippen LogP contribution in [-0.2, 0) is 11.2 Å². The molecule has 3 unspecified atom stereocenters. The molecule has 0 aromatic heterocycles. The lowest BCUT2D eigenvalue weighted by molar-refractivity contribution is -0.133. The number of hydrogen-bond acceptors (Lipinski definition) is 2. The number of amides is 1. The van der Waals surface area contributed by atoms with E-state index >= 15 is 0 Å². The van der Waals surface area contributed by atoms with Crippen LogP contribution in [0.15, 0.2) is 24.3 Å². The molecule has 0 bridgehead atoms. The number of nitrogens with two attached hydrogens (primary N) is 1. The number of carbonyl (C=O) groups is 1. The molecule has 0 heterocycles. The van der Waals surface area contributed by atoms with Crippen LogP contribution in [0.1, 0.15) is 55.7 Å². The van der Waals surface area contributed by atoms with Crippen molar-refractivity contribution in [1.82, 2.24) is 4.90 Å². The molecule has 1 saturated carbocycles. The van der Waals surface area contributed by atoms with E-state index in [1.807, 2.05) is 11.9 Å². The average Bonchev–Trinajstić information content (AvgIpc) is 2.92. The normalized spacial score (nSPS) is 28.2. The Morgan fingerprint density at radius 2 is 2.00 bits per heavy atom. The Balaban J connectivity index is 1.65. The van der Waals surface area contributed by atoms with Crippen molar-refractivity contribution in [3.05, 3.63) is 35.4 Å². The molecule has 3 atom stereocenters. The molecule has 0 radical (unpaired) electrons. The van der Waals surface area contributed by atoms with Crippen LogP contribution in [0.4, 0.5) is 0 Å². The zero-order valence-electron chi connectivity index (χ0n) is 12.9. The summed E-state index contributed by atoms with van der Waals surface area (Å²) >= 11 is 0. The summed E-state index contributed by atoms with van der Waals surface area (Å²) in [5.41, 5.74) is 8.92.